The molecule has 3 aliphatic rings. The van der Waals surface area contributed by atoms with Crippen molar-refractivity contribution < 1.29 is 14.3 Å². The maximum atomic E-state index is 12.3. The number of fused-ring (bicyclic) bond motifs is 4. The minimum atomic E-state index is -0.0529. The van der Waals surface area contributed by atoms with E-state index >= 15 is 0 Å². The number of amides is 1. The lowest BCUT2D eigenvalue weighted by molar-refractivity contribution is -0.126. The van der Waals surface area contributed by atoms with Crippen LogP contribution in [0.2, 0.25) is 5.02 Å². The largest absolute Gasteiger partial charge is 0.492 e. The van der Waals surface area contributed by atoms with Crippen molar-refractivity contribution in [3.05, 3.63) is 47.1 Å². The molecule has 0 spiro atoms. The summed E-state index contributed by atoms with van der Waals surface area (Å²) in [5.41, 5.74) is 5.67. The molecule has 7 rings (SSSR count). The van der Waals surface area contributed by atoms with Gasteiger partial charge >= 0.3 is 6.01 Å². The fourth-order valence-electron chi connectivity index (χ4n) is 6.70. The first-order valence-corrected chi connectivity index (χ1v) is 15.4. The van der Waals surface area contributed by atoms with Gasteiger partial charge in [-0.2, -0.15) is 15.1 Å². The van der Waals surface area contributed by atoms with Crippen molar-refractivity contribution in [1.29, 1.82) is 0 Å². The van der Waals surface area contributed by atoms with Crippen LogP contribution in [-0.2, 0) is 11.2 Å². The van der Waals surface area contributed by atoms with Gasteiger partial charge < -0.3 is 24.2 Å². The smallest absolute Gasteiger partial charge is 0.319 e. The van der Waals surface area contributed by atoms with Crippen LogP contribution in [0.1, 0.15) is 30.4 Å². The number of anilines is 1. The molecular weight excluding hydrogens is 566 g/mol. The molecule has 0 radical (unpaired) electrons. The Labute approximate surface area is 255 Å². The maximum absolute atomic E-state index is 12.3. The van der Waals surface area contributed by atoms with Crippen molar-refractivity contribution in [3.63, 3.8) is 0 Å². The number of carbonyl (C=O) groups excluding carboxylic acids is 1. The second-order valence-electron chi connectivity index (χ2n) is 11.7. The number of ether oxygens (including phenoxy) is 2. The van der Waals surface area contributed by atoms with E-state index in [1.165, 1.54) is 6.08 Å². The fraction of sp³-hybridized carbons (Fsp3) is 0.438. The van der Waals surface area contributed by atoms with Crippen LogP contribution in [0, 0.1) is 6.92 Å². The summed E-state index contributed by atoms with van der Waals surface area (Å²) < 4.78 is 12.8. The molecule has 1 unspecified atom stereocenters. The summed E-state index contributed by atoms with van der Waals surface area (Å²) in [7, 11) is 2.13. The summed E-state index contributed by atoms with van der Waals surface area (Å²) in [5, 5.41) is 9.96. The van der Waals surface area contributed by atoms with Gasteiger partial charge in [-0.25, -0.2) is 0 Å². The van der Waals surface area contributed by atoms with E-state index in [0.717, 1.165) is 87.9 Å². The van der Waals surface area contributed by atoms with E-state index in [4.69, 9.17) is 31.0 Å². The van der Waals surface area contributed by atoms with Crippen molar-refractivity contribution in [2.24, 2.45) is 0 Å². The molecule has 0 bridgehead atoms. The van der Waals surface area contributed by atoms with Gasteiger partial charge in [0.2, 0.25) is 5.91 Å². The Balaban J connectivity index is 1.40. The quantitative estimate of drug-likeness (QED) is 0.316. The number of halogens is 1. The number of carbonyl (C=O) groups is 1. The molecule has 3 aliphatic heterocycles. The summed E-state index contributed by atoms with van der Waals surface area (Å²) in [6, 6.07) is 4.82. The number of aromatic nitrogens is 4. The van der Waals surface area contributed by atoms with E-state index in [1.54, 1.807) is 0 Å². The lowest BCUT2D eigenvalue weighted by atomic mass is 9.90. The van der Waals surface area contributed by atoms with Gasteiger partial charge in [0, 0.05) is 48.7 Å². The van der Waals surface area contributed by atoms with Gasteiger partial charge in [-0.1, -0.05) is 18.2 Å². The number of nitrogens with one attached hydrogen (secondary N) is 1. The van der Waals surface area contributed by atoms with Crippen LogP contribution >= 0.6 is 11.6 Å². The van der Waals surface area contributed by atoms with Crippen LogP contribution in [0.3, 0.4) is 0 Å². The third kappa shape index (κ3) is 4.96. The Bertz CT molecular complexity index is 1730. The highest BCUT2D eigenvalue weighted by Gasteiger charge is 2.30. The number of hydrogen-bond acceptors (Lipinski definition) is 8. The molecule has 1 atom stereocenters. The highest BCUT2D eigenvalue weighted by molar-refractivity contribution is 6.36. The zero-order chi connectivity index (χ0) is 29.7. The van der Waals surface area contributed by atoms with Gasteiger partial charge in [-0.15, -0.1) is 0 Å². The predicted octanol–water partition coefficient (Wildman–Crippen LogP) is 4.77. The SMILES string of the molecule is C=CC(=O)N1CCN(c2nc(OCC3CCCN3C)nc3cc(-c4c(Cl)c(C)cc5[nH]ncc45)c4c(c23)OCCC4)CC1. The van der Waals surface area contributed by atoms with Gasteiger partial charge in [0.25, 0.3) is 0 Å². The van der Waals surface area contributed by atoms with E-state index in [2.05, 4.69) is 39.7 Å². The number of benzene rings is 2. The van der Waals surface area contributed by atoms with Gasteiger partial charge in [-0.05, 0) is 75.5 Å². The molecule has 2 aromatic carbocycles. The number of H-pyrrole nitrogens is 1. The zero-order valence-electron chi connectivity index (χ0n) is 24.7. The second-order valence-corrected chi connectivity index (χ2v) is 12.1. The lowest BCUT2D eigenvalue weighted by Gasteiger charge is -2.36. The molecule has 0 aliphatic carbocycles. The maximum Gasteiger partial charge on any atom is 0.319 e. The predicted molar refractivity (Wildman–Crippen MR) is 168 cm³/mol. The number of likely N-dealkylation sites (N-methyl/N-ethyl adjacent to an activating group) is 1. The van der Waals surface area contributed by atoms with E-state index in [1.807, 2.05) is 24.1 Å². The molecule has 10 nitrogen and oxygen atoms in total. The molecule has 5 heterocycles. The first-order chi connectivity index (χ1) is 20.9. The number of rotatable bonds is 6. The first kappa shape index (κ1) is 27.9. The number of nitrogens with zero attached hydrogens (tertiary/aromatic N) is 6. The molecule has 224 valence electrons. The number of likely N-dealkylation sites (tertiary alicyclic amines) is 1. The monoisotopic (exact) mass is 601 g/mol. The van der Waals surface area contributed by atoms with Gasteiger partial charge in [0.15, 0.2) is 0 Å². The van der Waals surface area contributed by atoms with Crippen LogP contribution < -0.4 is 14.4 Å². The fourth-order valence-corrected chi connectivity index (χ4v) is 6.96. The van der Waals surface area contributed by atoms with E-state index < -0.39 is 0 Å². The van der Waals surface area contributed by atoms with Crippen LogP contribution in [0.15, 0.2) is 31.0 Å². The second kappa shape index (κ2) is 11.3. The zero-order valence-corrected chi connectivity index (χ0v) is 25.4. The molecule has 1 amide bonds. The van der Waals surface area contributed by atoms with Crippen molar-refractivity contribution >= 4 is 45.1 Å². The summed E-state index contributed by atoms with van der Waals surface area (Å²) in [6.45, 7) is 10.3. The molecule has 0 saturated carbocycles. The minimum Gasteiger partial charge on any atom is -0.492 e. The number of aryl methyl sites for hydroxylation is 1. The third-order valence-corrected chi connectivity index (χ3v) is 9.59. The average Bonchev–Trinajstić information content (AvgIpc) is 3.67. The van der Waals surface area contributed by atoms with E-state index in [0.29, 0.717) is 56.5 Å². The Morgan fingerprint density at radius 2 is 2.05 bits per heavy atom. The Morgan fingerprint density at radius 3 is 2.81 bits per heavy atom. The number of hydrogen-bond donors (Lipinski definition) is 1. The molecule has 2 saturated heterocycles. The number of aromatic amines is 1. The summed E-state index contributed by atoms with van der Waals surface area (Å²) in [6.07, 6.45) is 7.21. The summed E-state index contributed by atoms with van der Waals surface area (Å²) in [5.74, 6) is 1.52. The third-order valence-electron chi connectivity index (χ3n) is 9.10. The van der Waals surface area contributed by atoms with E-state index in [-0.39, 0.29) is 5.91 Å². The molecule has 11 heteroatoms. The first-order valence-electron chi connectivity index (χ1n) is 15.0. The lowest BCUT2D eigenvalue weighted by Crippen LogP contribution is -2.48. The Hall–Kier alpha value is -3.89. The Kier molecular flexibility index (Phi) is 7.34. The molecule has 4 aromatic rings. The average molecular weight is 602 g/mol. The standard InChI is InChI=1S/C32H36ClN7O3/c1-4-26(41)39-10-12-40(13-11-39)31-28-25(35-32(36-31)43-18-20-7-5-9-38(20)3)16-22(21-8-6-14-42-30(21)28)27-23-17-34-37-24(23)15-19(2)29(27)33/h4,15-17,20H,1,5-14,18H2,2-3H3,(H,34,37). The topological polar surface area (TPSA) is 99.7 Å². The van der Waals surface area contributed by atoms with Gasteiger partial charge in [0.1, 0.15) is 18.2 Å². The molecule has 2 aromatic heterocycles. The van der Waals surface area contributed by atoms with E-state index in [9.17, 15) is 4.79 Å². The molecule has 2 fully saturated rings. The van der Waals surface area contributed by atoms with Crippen LogP contribution in [-0.4, -0.2) is 94.9 Å². The van der Waals surface area contributed by atoms with Crippen molar-refractivity contribution in [1.82, 2.24) is 30.0 Å². The van der Waals surface area contributed by atoms with Gasteiger partial charge in [-0.3, -0.25) is 9.89 Å². The summed E-state index contributed by atoms with van der Waals surface area (Å²) >= 11 is 7.04. The molecular formula is C32H36ClN7O3. The molecule has 43 heavy (non-hydrogen) atoms. The molecule has 1 N–H and O–H groups in total. The van der Waals surface area contributed by atoms with Crippen LogP contribution in [0.25, 0.3) is 32.9 Å². The van der Waals surface area contributed by atoms with Crippen LogP contribution in [0.4, 0.5) is 5.82 Å². The minimum absolute atomic E-state index is 0.0529. The van der Waals surface area contributed by atoms with Crippen molar-refractivity contribution in [3.8, 4) is 22.9 Å². The Morgan fingerprint density at radius 1 is 1.21 bits per heavy atom. The van der Waals surface area contributed by atoms with Crippen LogP contribution in [0.5, 0.6) is 11.8 Å². The summed E-state index contributed by atoms with van der Waals surface area (Å²) in [4.78, 5) is 28.7. The highest BCUT2D eigenvalue weighted by atomic mass is 35.5. The van der Waals surface area contributed by atoms with Crippen molar-refractivity contribution in [2.75, 3.05) is 57.9 Å². The highest BCUT2D eigenvalue weighted by Crippen LogP contribution is 2.47. The normalized spacial score (nSPS) is 19.1. The van der Waals surface area contributed by atoms with Crippen molar-refractivity contribution in [2.45, 2.75) is 38.6 Å². The van der Waals surface area contributed by atoms with Gasteiger partial charge in [0.05, 0.1) is 34.2 Å². The number of piperazine rings is 1.